The lowest BCUT2D eigenvalue weighted by molar-refractivity contribution is -0.147. The van der Waals surface area contributed by atoms with Crippen molar-refractivity contribution >= 4 is 18.3 Å². The molecule has 5 heteroatoms. The summed E-state index contributed by atoms with van der Waals surface area (Å²) < 4.78 is 5.36. The predicted molar refractivity (Wildman–Crippen MR) is 62.1 cm³/mol. The highest BCUT2D eigenvalue weighted by molar-refractivity contribution is 5.85. The van der Waals surface area contributed by atoms with Crippen LogP contribution in [0.5, 0.6) is 0 Å². The Bertz CT molecular complexity index is 204. The van der Waals surface area contributed by atoms with Crippen LogP contribution in [-0.2, 0) is 9.53 Å². The van der Waals surface area contributed by atoms with Crippen molar-refractivity contribution in [2.24, 2.45) is 11.7 Å². The van der Waals surface area contributed by atoms with Crippen molar-refractivity contribution in [2.75, 3.05) is 19.8 Å². The molecule has 2 N–H and O–H groups in total. The van der Waals surface area contributed by atoms with E-state index in [1.165, 1.54) is 0 Å². The molecular formula is C10H21ClN2O2. The third kappa shape index (κ3) is 3.33. The number of carbonyl (C=O) groups excluding carboxylic acids is 1. The molecule has 15 heavy (non-hydrogen) atoms. The molecule has 0 aliphatic carbocycles. The molecule has 1 amide bonds. The lowest BCUT2D eigenvalue weighted by Gasteiger charge is -2.40. The average Bonchev–Trinajstić information content (AvgIpc) is 2.16. The van der Waals surface area contributed by atoms with Gasteiger partial charge in [0.2, 0.25) is 5.91 Å². The van der Waals surface area contributed by atoms with E-state index >= 15 is 0 Å². The number of hydrogen-bond donors (Lipinski definition) is 1. The van der Waals surface area contributed by atoms with Gasteiger partial charge in [0.25, 0.3) is 0 Å². The van der Waals surface area contributed by atoms with Gasteiger partial charge in [0.15, 0.2) is 0 Å². The molecule has 1 rings (SSSR count). The molecular weight excluding hydrogens is 216 g/mol. The molecule has 90 valence electrons. The van der Waals surface area contributed by atoms with E-state index in [9.17, 15) is 4.79 Å². The monoisotopic (exact) mass is 236 g/mol. The maximum atomic E-state index is 11.9. The van der Waals surface area contributed by atoms with Crippen LogP contribution in [0.1, 0.15) is 20.8 Å². The van der Waals surface area contributed by atoms with Crippen molar-refractivity contribution in [2.45, 2.75) is 32.9 Å². The quantitative estimate of drug-likeness (QED) is 0.766. The van der Waals surface area contributed by atoms with E-state index in [0.29, 0.717) is 19.8 Å². The number of nitrogens with zero attached hydrogens (tertiary/aromatic N) is 1. The average molecular weight is 237 g/mol. The van der Waals surface area contributed by atoms with Gasteiger partial charge in [-0.3, -0.25) is 4.79 Å². The van der Waals surface area contributed by atoms with Crippen molar-refractivity contribution in [3.05, 3.63) is 0 Å². The molecule has 0 saturated carbocycles. The van der Waals surface area contributed by atoms with Crippen molar-refractivity contribution in [1.82, 2.24) is 4.90 Å². The van der Waals surface area contributed by atoms with Crippen LogP contribution in [0, 0.1) is 5.92 Å². The fraction of sp³-hybridized carbons (Fsp3) is 0.900. The standard InChI is InChI=1S/C10H20N2O2.ClH/c1-7(4-11)10(13)12-8(2)5-14-6-9(12)3;/h7-9H,4-6,11H2,1-3H3;1H. The highest BCUT2D eigenvalue weighted by atomic mass is 35.5. The number of hydrogen-bond acceptors (Lipinski definition) is 3. The Morgan fingerprint density at radius 1 is 1.47 bits per heavy atom. The Morgan fingerprint density at radius 3 is 2.33 bits per heavy atom. The minimum Gasteiger partial charge on any atom is -0.377 e. The highest BCUT2D eigenvalue weighted by Gasteiger charge is 2.31. The SMILES string of the molecule is CC(CN)C(=O)N1C(C)COCC1C.Cl. The fourth-order valence-electron chi connectivity index (χ4n) is 1.79. The van der Waals surface area contributed by atoms with E-state index in [0.717, 1.165) is 0 Å². The molecule has 1 saturated heterocycles. The third-order valence-corrected chi connectivity index (χ3v) is 2.70. The largest absolute Gasteiger partial charge is 0.377 e. The maximum Gasteiger partial charge on any atom is 0.227 e. The van der Waals surface area contributed by atoms with Crippen LogP contribution >= 0.6 is 12.4 Å². The van der Waals surface area contributed by atoms with Crippen LogP contribution in [0.2, 0.25) is 0 Å². The zero-order chi connectivity index (χ0) is 10.7. The molecule has 1 aliphatic rings. The second-order valence-electron chi connectivity index (χ2n) is 4.12. The third-order valence-electron chi connectivity index (χ3n) is 2.70. The lowest BCUT2D eigenvalue weighted by Crippen LogP contribution is -2.54. The summed E-state index contributed by atoms with van der Waals surface area (Å²) in [4.78, 5) is 13.8. The molecule has 0 aromatic rings. The molecule has 0 aromatic carbocycles. The second kappa shape index (κ2) is 6.30. The number of carbonyl (C=O) groups is 1. The molecule has 0 aromatic heterocycles. The summed E-state index contributed by atoms with van der Waals surface area (Å²) in [5.74, 6) is 0.0637. The molecule has 1 heterocycles. The summed E-state index contributed by atoms with van der Waals surface area (Å²) in [6, 6.07) is 0.334. The molecule has 1 fully saturated rings. The molecule has 0 radical (unpaired) electrons. The zero-order valence-corrected chi connectivity index (χ0v) is 10.4. The smallest absolute Gasteiger partial charge is 0.227 e. The van der Waals surface area contributed by atoms with E-state index in [2.05, 4.69) is 0 Å². The summed E-state index contributed by atoms with van der Waals surface area (Å²) in [5.41, 5.74) is 5.49. The van der Waals surface area contributed by atoms with E-state index in [1.54, 1.807) is 0 Å². The normalized spacial score (nSPS) is 28.1. The van der Waals surface area contributed by atoms with Crippen molar-refractivity contribution in [3.63, 3.8) is 0 Å². The first-order valence-electron chi connectivity index (χ1n) is 5.18. The molecule has 0 bridgehead atoms. The Labute approximate surface area is 97.5 Å². The van der Waals surface area contributed by atoms with E-state index in [-0.39, 0.29) is 36.3 Å². The van der Waals surface area contributed by atoms with Crippen LogP contribution in [0.4, 0.5) is 0 Å². The summed E-state index contributed by atoms with van der Waals surface area (Å²) in [5, 5.41) is 0. The summed E-state index contributed by atoms with van der Waals surface area (Å²) in [6.07, 6.45) is 0. The number of morpholine rings is 1. The first kappa shape index (κ1) is 14.7. The first-order chi connectivity index (χ1) is 6.57. The maximum absolute atomic E-state index is 11.9. The first-order valence-corrected chi connectivity index (χ1v) is 5.18. The summed E-state index contributed by atoms with van der Waals surface area (Å²) in [6.45, 7) is 7.57. The van der Waals surface area contributed by atoms with Gasteiger partial charge >= 0.3 is 0 Å². The van der Waals surface area contributed by atoms with Gasteiger partial charge in [0.05, 0.1) is 25.3 Å². The Morgan fingerprint density at radius 2 is 1.93 bits per heavy atom. The summed E-state index contributed by atoms with van der Waals surface area (Å²) in [7, 11) is 0. The van der Waals surface area contributed by atoms with Gasteiger partial charge in [-0.15, -0.1) is 12.4 Å². The predicted octanol–water partition coefficient (Wildman–Crippen LogP) is 0.639. The van der Waals surface area contributed by atoms with Crippen molar-refractivity contribution in [1.29, 1.82) is 0 Å². The van der Waals surface area contributed by atoms with E-state index in [1.807, 2.05) is 25.7 Å². The minimum atomic E-state index is -0.0852. The van der Waals surface area contributed by atoms with Crippen molar-refractivity contribution < 1.29 is 9.53 Å². The summed E-state index contributed by atoms with van der Waals surface area (Å²) >= 11 is 0. The van der Waals surface area contributed by atoms with Crippen LogP contribution in [0.25, 0.3) is 0 Å². The van der Waals surface area contributed by atoms with Crippen LogP contribution in [0.15, 0.2) is 0 Å². The van der Waals surface area contributed by atoms with Gasteiger partial charge in [-0.1, -0.05) is 6.92 Å². The molecule has 3 unspecified atom stereocenters. The van der Waals surface area contributed by atoms with Gasteiger partial charge < -0.3 is 15.4 Å². The number of amides is 1. The van der Waals surface area contributed by atoms with Gasteiger partial charge in [-0.2, -0.15) is 0 Å². The van der Waals surface area contributed by atoms with Crippen molar-refractivity contribution in [3.8, 4) is 0 Å². The molecule has 4 nitrogen and oxygen atoms in total. The highest BCUT2D eigenvalue weighted by Crippen LogP contribution is 2.16. The molecule has 1 aliphatic heterocycles. The van der Waals surface area contributed by atoms with Gasteiger partial charge in [-0.25, -0.2) is 0 Å². The molecule has 3 atom stereocenters. The number of halogens is 1. The second-order valence-corrected chi connectivity index (χ2v) is 4.12. The Hall–Kier alpha value is -0.320. The minimum absolute atomic E-state index is 0. The number of nitrogens with two attached hydrogens (primary N) is 1. The molecule has 0 spiro atoms. The zero-order valence-electron chi connectivity index (χ0n) is 9.60. The number of rotatable bonds is 2. The van der Waals surface area contributed by atoms with Gasteiger partial charge in [0, 0.05) is 12.5 Å². The lowest BCUT2D eigenvalue weighted by atomic mass is 10.1. The van der Waals surface area contributed by atoms with Crippen LogP contribution in [0.3, 0.4) is 0 Å². The number of ether oxygens (including phenoxy) is 1. The van der Waals surface area contributed by atoms with E-state index < -0.39 is 0 Å². The van der Waals surface area contributed by atoms with Gasteiger partial charge in [0.1, 0.15) is 0 Å². The Balaban J connectivity index is 0.00000196. The van der Waals surface area contributed by atoms with Gasteiger partial charge in [-0.05, 0) is 13.8 Å². The topological polar surface area (TPSA) is 55.6 Å². The van der Waals surface area contributed by atoms with Crippen LogP contribution < -0.4 is 5.73 Å². The Kier molecular flexibility index (Phi) is 6.17. The fourth-order valence-corrected chi connectivity index (χ4v) is 1.79. The van der Waals surface area contributed by atoms with Crippen LogP contribution in [-0.4, -0.2) is 42.6 Å². The van der Waals surface area contributed by atoms with E-state index in [4.69, 9.17) is 10.5 Å².